The number of aromatic nitrogens is 4. The minimum absolute atomic E-state index is 0.201. The fraction of sp³-hybridized carbons (Fsp3) is 0.235. The second kappa shape index (κ2) is 6.68. The Morgan fingerprint density at radius 1 is 1.32 bits per heavy atom. The summed E-state index contributed by atoms with van der Waals surface area (Å²) in [5, 5.41) is 8.62. The van der Waals surface area contributed by atoms with E-state index in [4.69, 9.17) is 11.6 Å². The van der Waals surface area contributed by atoms with Crippen LogP contribution in [0.1, 0.15) is 21.6 Å². The minimum atomic E-state index is -0.351. The Hall–Kier alpha value is -2.67. The summed E-state index contributed by atoms with van der Waals surface area (Å²) in [6.07, 6.45) is 3.56. The molecule has 2 heterocycles. The SMILES string of the molecule is Cc1nn(-c2ccc(F)cc2)c(Cl)c1C(=O)N(C)Cc1cnn(C)c1. The van der Waals surface area contributed by atoms with Crippen molar-refractivity contribution in [3.05, 3.63) is 64.5 Å². The lowest BCUT2D eigenvalue weighted by Gasteiger charge is -2.16. The molecule has 0 aliphatic carbocycles. The lowest BCUT2D eigenvalue weighted by Crippen LogP contribution is -2.26. The van der Waals surface area contributed by atoms with Gasteiger partial charge in [-0.15, -0.1) is 0 Å². The summed E-state index contributed by atoms with van der Waals surface area (Å²) in [7, 11) is 3.51. The van der Waals surface area contributed by atoms with Crippen LogP contribution in [0, 0.1) is 12.7 Å². The Labute approximate surface area is 149 Å². The predicted octanol–water partition coefficient (Wildman–Crippen LogP) is 2.98. The highest BCUT2D eigenvalue weighted by Gasteiger charge is 2.24. The summed E-state index contributed by atoms with van der Waals surface area (Å²) in [4.78, 5) is 14.4. The molecule has 0 aliphatic heterocycles. The minimum Gasteiger partial charge on any atom is -0.337 e. The molecule has 0 saturated carbocycles. The van der Waals surface area contributed by atoms with E-state index in [0.29, 0.717) is 23.5 Å². The van der Waals surface area contributed by atoms with Crippen LogP contribution in [0.25, 0.3) is 5.69 Å². The highest BCUT2D eigenvalue weighted by molar-refractivity contribution is 6.33. The summed E-state index contributed by atoms with van der Waals surface area (Å²) >= 11 is 6.39. The van der Waals surface area contributed by atoms with Crippen molar-refractivity contribution in [3.63, 3.8) is 0 Å². The normalized spacial score (nSPS) is 10.9. The molecule has 25 heavy (non-hydrogen) atoms. The zero-order chi connectivity index (χ0) is 18.1. The number of nitrogens with zero attached hydrogens (tertiary/aromatic N) is 5. The third-order valence-electron chi connectivity index (χ3n) is 3.81. The number of amides is 1. The highest BCUT2D eigenvalue weighted by Crippen LogP contribution is 2.25. The first-order valence-electron chi connectivity index (χ1n) is 7.61. The molecule has 8 heteroatoms. The van der Waals surface area contributed by atoms with E-state index in [1.807, 2.05) is 13.2 Å². The van der Waals surface area contributed by atoms with Gasteiger partial charge in [0.1, 0.15) is 11.0 Å². The third kappa shape index (κ3) is 3.41. The highest BCUT2D eigenvalue weighted by atomic mass is 35.5. The predicted molar refractivity (Wildman–Crippen MR) is 92.3 cm³/mol. The lowest BCUT2D eigenvalue weighted by atomic mass is 10.2. The zero-order valence-corrected chi connectivity index (χ0v) is 14.8. The van der Waals surface area contributed by atoms with Crippen LogP contribution in [-0.4, -0.2) is 37.4 Å². The van der Waals surface area contributed by atoms with Crippen LogP contribution in [0.5, 0.6) is 0 Å². The van der Waals surface area contributed by atoms with E-state index in [-0.39, 0.29) is 16.9 Å². The molecule has 0 aliphatic rings. The van der Waals surface area contributed by atoms with Crippen molar-refractivity contribution >= 4 is 17.5 Å². The molecule has 3 aromatic rings. The fourth-order valence-corrected chi connectivity index (χ4v) is 2.94. The van der Waals surface area contributed by atoms with Crippen LogP contribution in [0.3, 0.4) is 0 Å². The monoisotopic (exact) mass is 361 g/mol. The van der Waals surface area contributed by atoms with Crippen molar-refractivity contribution in [1.29, 1.82) is 0 Å². The summed E-state index contributed by atoms with van der Waals surface area (Å²) in [5.74, 6) is -0.587. The Morgan fingerprint density at radius 3 is 2.60 bits per heavy atom. The Morgan fingerprint density at radius 2 is 2.00 bits per heavy atom. The molecule has 0 unspecified atom stereocenters. The van der Waals surface area contributed by atoms with Crippen LogP contribution in [0.15, 0.2) is 36.7 Å². The van der Waals surface area contributed by atoms with Crippen LogP contribution >= 0.6 is 11.6 Å². The molecular weight excluding hydrogens is 345 g/mol. The van der Waals surface area contributed by atoms with Crippen LogP contribution in [0.2, 0.25) is 5.15 Å². The molecule has 0 radical (unpaired) electrons. The van der Waals surface area contributed by atoms with Gasteiger partial charge in [-0.1, -0.05) is 11.6 Å². The van der Waals surface area contributed by atoms with Crippen molar-refractivity contribution in [3.8, 4) is 5.69 Å². The molecule has 0 saturated heterocycles. The number of hydrogen-bond donors (Lipinski definition) is 0. The molecule has 130 valence electrons. The molecular formula is C17H17ClFN5O. The second-order valence-electron chi connectivity index (χ2n) is 5.82. The molecule has 3 rings (SSSR count). The average Bonchev–Trinajstić information content (AvgIpc) is 3.10. The first-order valence-corrected chi connectivity index (χ1v) is 7.98. The Bertz CT molecular complexity index is 916. The van der Waals surface area contributed by atoms with Crippen LogP contribution < -0.4 is 0 Å². The number of aryl methyl sites for hydroxylation is 2. The smallest absolute Gasteiger partial charge is 0.258 e. The van der Waals surface area contributed by atoms with Crippen LogP contribution in [-0.2, 0) is 13.6 Å². The van der Waals surface area contributed by atoms with E-state index < -0.39 is 0 Å². The molecule has 1 amide bonds. The lowest BCUT2D eigenvalue weighted by molar-refractivity contribution is 0.0784. The largest absolute Gasteiger partial charge is 0.337 e. The van der Waals surface area contributed by atoms with E-state index in [2.05, 4.69) is 10.2 Å². The zero-order valence-electron chi connectivity index (χ0n) is 14.1. The number of benzene rings is 1. The fourth-order valence-electron chi connectivity index (χ4n) is 2.59. The summed E-state index contributed by atoms with van der Waals surface area (Å²) in [5.41, 5.74) is 2.34. The van der Waals surface area contributed by atoms with E-state index in [1.54, 1.807) is 41.9 Å². The first-order chi connectivity index (χ1) is 11.9. The molecule has 0 fully saturated rings. The topological polar surface area (TPSA) is 56.0 Å². The third-order valence-corrected chi connectivity index (χ3v) is 4.16. The molecule has 1 aromatic carbocycles. The maximum Gasteiger partial charge on any atom is 0.258 e. The number of halogens is 2. The van der Waals surface area contributed by atoms with Gasteiger partial charge >= 0.3 is 0 Å². The van der Waals surface area contributed by atoms with Crippen molar-refractivity contribution in [2.75, 3.05) is 7.05 Å². The summed E-state index contributed by atoms with van der Waals surface area (Å²) in [6, 6.07) is 5.75. The number of rotatable bonds is 4. The van der Waals surface area contributed by atoms with Gasteiger partial charge < -0.3 is 4.90 Å². The average molecular weight is 362 g/mol. The van der Waals surface area contributed by atoms with Gasteiger partial charge in [0, 0.05) is 32.4 Å². The van der Waals surface area contributed by atoms with Gasteiger partial charge in [0.05, 0.1) is 23.1 Å². The Balaban J connectivity index is 1.89. The van der Waals surface area contributed by atoms with E-state index in [0.717, 1.165) is 5.56 Å². The summed E-state index contributed by atoms with van der Waals surface area (Å²) < 4.78 is 16.2. The first kappa shape index (κ1) is 17.2. The van der Waals surface area contributed by atoms with Gasteiger partial charge in [-0.05, 0) is 31.2 Å². The maximum absolute atomic E-state index is 13.1. The Kier molecular flexibility index (Phi) is 4.59. The second-order valence-corrected chi connectivity index (χ2v) is 6.18. The van der Waals surface area contributed by atoms with Gasteiger partial charge in [0.15, 0.2) is 0 Å². The molecule has 0 bridgehead atoms. The summed E-state index contributed by atoms with van der Waals surface area (Å²) in [6.45, 7) is 2.13. The van der Waals surface area contributed by atoms with Crippen molar-refractivity contribution < 1.29 is 9.18 Å². The molecule has 2 aromatic heterocycles. The van der Waals surface area contributed by atoms with Gasteiger partial charge in [-0.3, -0.25) is 9.48 Å². The van der Waals surface area contributed by atoms with Crippen LogP contribution in [0.4, 0.5) is 4.39 Å². The van der Waals surface area contributed by atoms with Crippen molar-refractivity contribution in [2.45, 2.75) is 13.5 Å². The molecule has 0 atom stereocenters. The van der Waals surface area contributed by atoms with Gasteiger partial charge in [-0.25, -0.2) is 9.07 Å². The van der Waals surface area contributed by atoms with E-state index >= 15 is 0 Å². The number of hydrogen-bond acceptors (Lipinski definition) is 3. The van der Waals surface area contributed by atoms with E-state index in [9.17, 15) is 9.18 Å². The van der Waals surface area contributed by atoms with Gasteiger partial charge in [0.25, 0.3) is 5.91 Å². The molecule has 0 spiro atoms. The van der Waals surface area contributed by atoms with Gasteiger partial charge in [-0.2, -0.15) is 10.2 Å². The molecule has 0 N–H and O–H groups in total. The number of carbonyl (C=O) groups excluding carboxylic acids is 1. The van der Waals surface area contributed by atoms with E-state index in [1.165, 1.54) is 16.8 Å². The maximum atomic E-state index is 13.1. The van der Waals surface area contributed by atoms with Crippen molar-refractivity contribution in [2.24, 2.45) is 7.05 Å². The number of carbonyl (C=O) groups is 1. The standard InChI is InChI=1S/C17H17ClFN5O/c1-11-15(17(25)22(2)9-12-8-20-23(3)10-12)16(18)24(21-11)14-6-4-13(19)5-7-14/h4-8,10H,9H2,1-3H3. The van der Waals surface area contributed by atoms with Gasteiger partial charge in [0.2, 0.25) is 0 Å². The molecule has 6 nitrogen and oxygen atoms in total. The van der Waals surface area contributed by atoms with Crippen molar-refractivity contribution in [1.82, 2.24) is 24.5 Å². The quantitative estimate of drug-likeness (QED) is 0.718.